The maximum Gasteiger partial charge on any atom is 0.116 e. The molecule has 0 amide bonds. The van der Waals surface area contributed by atoms with Gasteiger partial charge in [-0.3, -0.25) is 4.98 Å². The molecule has 2 aromatic heterocycles. The first kappa shape index (κ1) is 11.0. The van der Waals surface area contributed by atoms with Gasteiger partial charge in [-0.25, -0.2) is 9.97 Å². The van der Waals surface area contributed by atoms with Gasteiger partial charge in [0.1, 0.15) is 11.4 Å². The van der Waals surface area contributed by atoms with Gasteiger partial charge in [0.2, 0.25) is 0 Å². The van der Waals surface area contributed by atoms with E-state index in [4.69, 9.17) is 0 Å². The van der Waals surface area contributed by atoms with Crippen LogP contribution in [0.15, 0.2) is 46.8 Å². The number of rotatable bonds is 3. The Kier molecular flexibility index (Phi) is 3.48. The maximum atomic E-state index is 9.31. The number of aromatic nitrogens is 3. The van der Waals surface area contributed by atoms with Crippen molar-refractivity contribution in [1.29, 1.82) is 0 Å². The van der Waals surface area contributed by atoms with Crippen molar-refractivity contribution in [2.75, 3.05) is 0 Å². The molecule has 0 spiro atoms. The third-order valence-corrected chi connectivity index (χ3v) is 2.89. The van der Waals surface area contributed by atoms with E-state index in [2.05, 4.69) is 15.0 Å². The lowest BCUT2D eigenvalue weighted by Crippen LogP contribution is -1.94. The number of hydrogen-bond donors (Lipinski definition) is 1. The Bertz CT molecular complexity index is 445. The fraction of sp³-hybridized carbons (Fsp3) is 0.182. The van der Waals surface area contributed by atoms with E-state index >= 15 is 0 Å². The monoisotopic (exact) mass is 233 g/mol. The molecular weight excluding hydrogens is 222 g/mol. The fourth-order valence-electron chi connectivity index (χ4n) is 1.16. The topological polar surface area (TPSA) is 58.9 Å². The lowest BCUT2D eigenvalue weighted by molar-refractivity contribution is 0.194. The van der Waals surface area contributed by atoms with Crippen LogP contribution in [0.3, 0.4) is 0 Å². The summed E-state index contributed by atoms with van der Waals surface area (Å²) in [5, 5.41) is 10.2. The Balaban J connectivity index is 2.11. The van der Waals surface area contributed by atoms with Gasteiger partial charge in [-0.05, 0) is 25.1 Å². The van der Waals surface area contributed by atoms with Gasteiger partial charge in [0.25, 0.3) is 0 Å². The van der Waals surface area contributed by atoms with E-state index in [1.54, 1.807) is 19.3 Å². The molecule has 0 fully saturated rings. The quantitative estimate of drug-likeness (QED) is 0.822. The summed E-state index contributed by atoms with van der Waals surface area (Å²) in [5.41, 5.74) is 0.673. The summed E-state index contributed by atoms with van der Waals surface area (Å²) in [5.74, 6) is 0. The maximum absolute atomic E-state index is 9.31. The SMILES string of the molecule is CC(O)c1ccc(Sc2ccncn2)cn1. The van der Waals surface area contributed by atoms with E-state index in [0.29, 0.717) is 5.69 Å². The average Bonchev–Trinajstić information content (AvgIpc) is 2.31. The number of aliphatic hydroxyl groups excluding tert-OH is 1. The van der Waals surface area contributed by atoms with E-state index < -0.39 is 6.10 Å². The van der Waals surface area contributed by atoms with Crippen molar-refractivity contribution in [3.8, 4) is 0 Å². The number of pyridine rings is 1. The molecule has 2 heterocycles. The number of aliphatic hydroxyl groups is 1. The van der Waals surface area contributed by atoms with Crippen LogP contribution >= 0.6 is 11.8 Å². The minimum absolute atomic E-state index is 0.530. The van der Waals surface area contributed by atoms with Crippen molar-refractivity contribution in [3.63, 3.8) is 0 Å². The molecule has 2 aromatic rings. The van der Waals surface area contributed by atoms with Crippen molar-refractivity contribution in [3.05, 3.63) is 42.6 Å². The standard InChI is InChI=1S/C11H11N3OS/c1-8(15)10-3-2-9(6-13-10)16-11-4-5-12-7-14-11/h2-8,15H,1H3. The molecule has 1 unspecified atom stereocenters. The van der Waals surface area contributed by atoms with Crippen molar-refractivity contribution in [1.82, 2.24) is 15.0 Å². The summed E-state index contributed by atoms with van der Waals surface area (Å²) in [6.45, 7) is 1.69. The van der Waals surface area contributed by atoms with Crippen LogP contribution in [-0.4, -0.2) is 20.1 Å². The Morgan fingerprint density at radius 2 is 2.12 bits per heavy atom. The smallest absolute Gasteiger partial charge is 0.116 e. The molecule has 0 aliphatic heterocycles. The second kappa shape index (κ2) is 5.05. The Labute approximate surface area is 97.8 Å². The van der Waals surface area contributed by atoms with Crippen LogP contribution in [0.4, 0.5) is 0 Å². The summed E-state index contributed by atoms with van der Waals surface area (Å²) in [6, 6.07) is 5.57. The van der Waals surface area contributed by atoms with Crippen LogP contribution in [0.1, 0.15) is 18.7 Å². The highest BCUT2D eigenvalue weighted by molar-refractivity contribution is 7.99. The van der Waals surface area contributed by atoms with Crippen LogP contribution in [0.5, 0.6) is 0 Å². The van der Waals surface area contributed by atoms with Gasteiger partial charge < -0.3 is 5.11 Å². The molecule has 0 radical (unpaired) electrons. The van der Waals surface area contributed by atoms with Crippen molar-refractivity contribution in [2.24, 2.45) is 0 Å². The molecule has 2 rings (SSSR count). The van der Waals surface area contributed by atoms with Gasteiger partial charge in [0.05, 0.1) is 11.8 Å². The van der Waals surface area contributed by atoms with Gasteiger partial charge in [-0.2, -0.15) is 0 Å². The van der Waals surface area contributed by atoms with Crippen LogP contribution in [0.25, 0.3) is 0 Å². The van der Waals surface area contributed by atoms with E-state index in [1.807, 2.05) is 18.2 Å². The number of hydrogen-bond acceptors (Lipinski definition) is 5. The molecule has 82 valence electrons. The minimum Gasteiger partial charge on any atom is -0.387 e. The van der Waals surface area contributed by atoms with Crippen LogP contribution < -0.4 is 0 Å². The van der Waals surface area contributed by atoms with Crippen molar-refractivity contribution in [2.45, 2.75) is 22.9 Å². The van der Waals surface area contributed by atoms with Crippen molar-refractivity contribution >= 4 is 11.8 Å². The lowest BCUT2D eigenvalue weighted by Gasteiger charge is -2.04. The van der Waals surface area contributed by atoms with E-state index in [9.17, 15) is 5.11 Å². The minimum atomic E-state index is -0.530. The zero-order valence-electron chi connectivity index (χ0n) is 8.74. The third kappa shape index (κ3) is 2.77. The first-order chi connectivity index (χ1) is 7.75. The largest absolute Gasteiger partial charge is 0.387 e. The second-order valence-electron chi connectivity index (χ2n) is 3.24. The Morgan fingerprint density at radius 3 is 2.69 bits per heavy atom. The van der Waals surface area contributed by atoms with E-state index in [0.717, 1.165) is 9.92 Å². The molecule has 0 aliphatic rings. The molecule has 0 bridgehead atoms. The fourth-order valence-corrected chi connectivity index (χ4v) is 1.87. The second-order valence-corrected chi connectivity index (χ2v) is 4.34. The Hall–Kier alpha value is -1.46. The van der Waals surface area contributed by atoms with E-state index in [1.165, 1.54) is 18.1 Å². The first-order valence-corrected chi connectivity index (χ1v) is 5.65. The van der Waals surface area contributed by atoms with Gasteiger partial charge in [-0.15, -0.1) is 0 Å². The molecule has 1 N–H and O–H groups in total. The molecule has 0 aromatic carbocycles. The summed E-state index contributed by atoms with van der Waals surface area (Å²) >= 11 is 1.51. The predicted octanol–water partition coefficient (Wildman–Crippen LogP) is 2.08. The summed E-state index contributed by atoms with van der Waals surface area (Å²) in [7, 11) is 0. The lowest BCUT2D eigenvalue weighted by atomic mass is 10.2. The molecule has 0 saturated heterocycles. The van der Waals surface area contributed by atoms with Gasteiger partial charge in [0, 0.05) is 17.3 Å². The average molecular weight is 233 g/mol. The molecule has 16 heavy (non-hydrogen) atoms. The van der Waals surface area contributed by atoms with E-state index in [-0.39, 0.29) is 0 Å². The molecule has 1 atom stereocenters. The normalized spacial score (nSPS) is 12.4. The summed E-state index contributed by atoms with van der Waals surface area (Å²) < 4.78 is 0. The van der Waals surface area contributed by atoms with Crippen LogP contribution in [0, 0.1) is 0 Å². The molecular formula is C11H11N3OS. The highest BCUT2D eigenvalue weighted by Gasteiger charge is 2.03. The number of nitrogens with zero attached hydrogens (tertiary/aromatic N) is 3. The van der Waals surface area contributed by atoms with Crippen LogP contribution in [-0.2, 0) is 0 Å². The molecule has 0 aliphatic carbocycles. The summed E-state index contributed by atoms with van der Waals surface area (Å²) in [4.78, 5) is 13.1. The molecule has 0 saturated carbocycles. The van der Waals surface area contributed by atoms with Gasteiger partial charge in [-0.1, -0.05) is 11.8 Å². The molecule has 4 nitrogen and oxygen atoms in total. The first-order valence-electron chi connectivity index (χ1n) is 4.83. The zero-order valence-corrected chi connectivity index (χ0v) is 9.56. The highest BCUT2D eigenvalue weighted by atomic mass is 32.2. The highest BCUT2D eigenvalue weighted by Crippen LogP contribution is 2.25. The summed E-state index contributed by atoms with van der Waals surface area (Å²) in [6.07, 6.45) is 4.42. The predicted molar refractivity (Wildman–Crippen MR) is 61.0 cm³/mol. The zero-order chi connectivity index (χ0) is 11.4. The van der Waals surface area contributed by atoms with Gasteiger partial charge in [0.15, 0.2) is 0 Å². The van der Waals surface area contributed by atoms with Crippen molar-refractivity contribution < 1.29 is 5.11 Å². The third-order valence-electron chi connectivity index (χ3n) is 1.96. The molecule has 5 heteroatoms. The van der Waals surface area contributed by atoms with Gasteiger partial charge >= 0.3 is 0 Å². The Morgan fingerprint density at radius 1 is 1.25 bits per heavy atom. The van der Waals surface area contributed by atoms with Crippen LogP contribution in [0.2, 0.25) is 0 Å².